The van der Waals surface area contributed by atoms with Crippen molar-refractivity contribution in [2.45, 2.75) is 26.3 Å². The predicted octanol–water partition coefficient (Wildman–Crippen LogP) is 5.50. The highest BCUT2D eigenvalue weighted by Crippen LogP contribution is 2.28. The number of rotatable bonds is 5. The van der Waals surface area contributed by atoms with Crippen LogP contribution in [-0.4, -0.2) is 7.05 Å². The first-order valence-electron chi connectivity index (χ1n) is 7.21. The van der Waals surface area contributed by atoms with E-state index in [0.717, 1.165) is 12.0 Å². The summed E-state index contributed by atoms with van der Waals surface area (Å²) in [6.07, 6.45) is 1.10. The zero-order valence-corrected chi connectivity index (χ0v) is 14.2. The van der Waals surface area contributed by atoms with E-state index in [9.17, 15) is 0 Å². The van der Waals surface area contributed by atoms with E-state index in [1.54, 1.807) is 6.07 Å². The van der Waals surface area contributed by atoms with Crippen LogP contribution in [0.2, 0.25) is 10.0 Å². The number of hydrogen-bond acceptors (Lipinski definition) is 1. The minimum Gasteiger partial charge on any atom is -0.309 e. The van der Waals surface area contributed by atoms with Crippen LogP contribution in [0.25, 0.3) is 0 Å². The molecule has 0 aliphatic heterocycles. The summed E-state index contributed by atoms with van der Waals surface area (Å²) in [7, 11) is 1.95. The Balaban J connectivity index is 2.28. The van der Waals surface area contributed by atoms with Crippen LogP contribution in [0.5, 0.6) is 0 Å². The van der Waals surface area contributed by atoms with Crippen molar-refractivity contribution in [3.63, 3.8) is 0 Å². The van der Waals surface area contributed by atoms with Crippen molar-refractivity contribution in [1.82, 2.24) is 5.32 Å². The van der Waals surface area contributed by atoms with Crippen LogP contribution in [0.15, 0.2) is 42.5 Å². The fraction of sp³-hybridized carbons (Fsp3) is 0.333. The minimum absolute atomic E-state index is 0.0919. The van der Waals surface area contributed by atoms with Crippen molar-refractivity contribution in [3.05, 3.63) is 69.2 Å². The molecule has 2 aromatic carbocycles. The monoisotopic (exact) mass is 321 g/mol. The summed E-state index contributed by atoms with van der Waals surface area (Å²) < 4.78 is 0. The summed E-state index contributed by atoms with van der Waals surface area (Å²) in [5.74, 6) is 0.669. The van der Waals surface area contributed by atoms with E-state index < -0.39 is 0 Å². The second-order valence-electron chi connectivity index (χ2n) is 5.76. The zero-order chi connectivity index (χ0) is 15.4. The average Bonchev–Trinajstić information content (AvgIpc) is 2.40. The second-order valence-corrected chi connectivity index (χ2v) is 6.64. The van der Waals surface area contributed by atoms with Crippen LogP contribution in [0.4, 0.5) is 0 Å². The Morgan fingerprint density at radius 3 is 1.95 bits per heavy atom. The molecule has 1 nitrogen and oxygen atoms in total. The van der Waals surface area contributed by atoms with Crippen molar-refractivity contribution in [1.29, 1.82) is 0 Å². The summed E-state index contributed by atoms with van der Waals surface area (Å²) in [6, 6.07) is 14.5. The van der Waals surface area contributed by atoms with Gasteiger partial charge in [-0.15, -0.1) is 0 Å². The largest absolute Gasteiger partial charge is 0.309 e. The molecule has 3 heteroatoms. The van der Waals surface area contributed by atoms with E-state index in [1.165, 1.54) is 11.1 Å². The molecule has 1 atom stereocenters. The molecule has 0 heterocycles. The first-order chi connectivity index (χ1) is 9.99. The molecule has 1 N–H and O–H groups in total. The van der Waals surface area contributed by atoms with Crippen molar-refractivity contribution < 1.29 is 0 Å². The number of nitrogens with one attached hydrogen (secondary N) is 1. The zero-order valence-electron chi connectivity index (χ0n) is 12.7. The molecule has 0 amide bonds. The Morgan fingerprint density at radius 2 is 1.48 bits per heavy atom. The van der Waals surface area contributed by atoms with Gasteiger partial charge in [0.15, 0.2) is 0 Å². The molecule has 0 saturated heterocycles. The molecule has 0 radical (unpaired) electrons. The molecule has 0 aliphatic rings. The fourth-order valence-corrected chi connectivity index (χ4v) is 3.13. The van der Waals surface area contributed by atoms with Crippen LogP contribution in [-0.2, 0) is 6.42 Å². The average molecular weight is 322 g/mol. The topological polar surface area (TPSA) is 12.0 Å². The highest BCUT2D eigenvalue weighted by Gasteiger charge is 2.13. The molecule has 2 aromatic rings. The minimum atomic E-state index is 0.0919. The Morgan fingerprint density at radius 1 is 0.905 bits per heavy atom. The summed E-state index contributed by atoms with van der Waals surface area (Å²) in [4.78, 5) is 0. The van der Waals surface area contributed by atoms with Crippen LogP contribution < -0.4 is 5.32 Å². The van der Waals surface area contributed by atoms with E-state index in [4.69, 9.17) is 23.2 Å². The Hall–Kier alpha value is -1.02. The smallest absolute Gasteiger partial charge is 0.0575 e. The number of hydrogen-bond donors (Lipinski definition) is 1. The van der Waals surface area contributed by atoms with Gasteiger partial charge in [0.1, 0.15) is 0 Å². The lowest BCUT2D eigenvalue weighted by molar-refractivity contribution is 0.645. The van der Waals surface area contributed by atoms with E-state index >= 15 is 0 Å². The Labute approximate surface area is 137 Å². The van der Waals surface area contributed by atoms with Crippen LogP contribution in [0.3, 0.4) is 0 Å². The lowest BCUT2D eigenvalue weighted by Crippen LogP contribution is -2.17. The maximum absolute atomic E-state index is 6.11. The molecule has 21 heavy (non-hydrogen) atoms. The van der Waals surface area contributed by atoms with Gasteiger partial charge in [0.25, 0.3) is 0 Å². The van der Waals surface area contributed by atoms with Gasteiger partial charge < -0.3 is 5.32 Å². The van der Waals surface area contributed by atoms with Crippen molar-refractivity contribution >= 4 is 23.2 Å². The molecular formula is C18H21Cl2N. The standard InChI is InChI=1S/C18H21Cl2N/c1-12(2)8-13-4-6-14(7-5-13)18(21-3)15-9-16(19)11-17(20)10-15/h4-7,9-12,18,21H,8H2,1-3H3. The first-order valence-corrected chi connectivity index (χ1v) is 7.97. The normalized spacial score (nSPS) is 12.7. The van der Waals surface area contributed by atoms with Gasteiger partial charge in [-0.25, -0.2) is 0 Å². The number of halogens is 2. The maximum atomic E-state index is 6.11. The molecular weight excluding hydrogens is 301 g/mol. The molecule has 0 saturated carbocycles. The Bertz CT molecular complexity index is 570. The van der Waals surface area contributed by atoms with Crippen LogP contribution >= 0.6 is 23.2 Å². The molecule has 0 bridgehead atoms. The van der Waals surface area contributed by atoms with Gasteiger partial charge in [0, 0.05) is 10.0 Å². The highest BCUT2D eigenvalue weighted by molar-refractivity contribution is 6.34. The van der Waals surface area contributed by atoms with Crippen molar-refractivity contribution in [3.8, 4) is 0 Å². The molecule has 2 rings (SSSR count). The van der Waals surface area contributed by atoms with Crippen LogP contribution in [0, 0.1) is 5.92 Å². The van der Waals surface area contributed by atoms with Crippen molar-refractivity contribution in [2.75, 3.05) is 7.05 Å². The molecule has 112 valence electrons. The predicted molar refractivity (Wildman–Crippen MR) is 92.3 cm³/mol. The third-order valence-electron chi connectivity index (χ3n) is 3.46. The summed E-state index contributed by atoms with van der Waals surface area (Å²) >= 11 is 12.2. The molecule has 0 aromatic heterocycles. The van der Waals surface area contributed by atoms with Gasteiger partial charge in [0.05, 0.1) is 6.04 Å². The molecule has 1 unspecified atom stereocenters. The van der Waals surface area contributed by atoms with Gasteiger partial charge in [-0.1, -0.05) is 61.3 Å². The molecule has 0 aliphatic carbocycles. The van der Waals surface area contributed by atoms with Gasteiger partial charge in [-0.3, -0.25) is 0 Å². The SMILES string of the molecule is CNC(c1ccc(CC(C)C)cc1)c1cc(Cl)cc(Cl)c1. The quantitative estimate of drug-likeness (QED) is 0.766. The van der Waals surface area contributed by atoms with Gasteiger partial charge in [-0.05, 0) is 54.3 Å². The maximum Gasteiger partial charge on any atom is 0.0575 e. The lowest BCUT2D eigenvalue weighted by atomic mass is 9.96. The van der Waals surface area contributed by atoms with Gasteiger partial charge >= 0.3 is 0 Å². The van der Waals surface area contributed by atoms with E-state index in [2.05, 4.69) is 43.4 Å². The fourth-order valence-electron chi connectivity index (χ4n) is 2.59. The summed E-state index contributed by atoms with van der Waals surface area (Å²) in [6.45, 7) is 4.47. The first kappa shape index (κ1) is 16.4. The van der Waals surface area contributed by atoms with E-state index in [0.29, 0.717) is 16.0 Å². The summed E-state index contributed by atoms with van der Waals surface area (Å²) in [5.41, 5.74) is 3.66. The van der Waals surface area contributed by atoms with E-state index in [-0.39, 0.29) is 6.04 Å². The summed E-state index contributed by atoms with van der Waals surface area (Å²) in [5, 5.41) is 4.65. The Kier molecular flexibility index (Phi) is 5.69. The third kappa shape index (κ3) is 4.47. The lowest BCUT2D eigenvalue weighted by Gasteiger charge is -2.18. The van der Waals surface area contributed by atoms with E-state index in [1.807, 2.05) is 19.2 Å². The molecule has 0 spiro atoms. The highest BCUT2D eigenvalue weighted by atomic mass is 35.5. The third-order valence-corrected chi connectivity index (χ3v) is 3.90. The van der Waals surface area contributed by atoms with Crippen LogP contribution in [0.1, 0.15) is 36.6 Å². The van der Waals surface area contributed by atoms with Gasteiger partial charge in [-0.2, -0.15) is 0 Å². The number of benzene rings is 2. The van der Waals surface area contributed by atoms with Gasteiger partial charge in [0.2, 0.25) is 0 Å². The molecule has 0 fully saturated rings. The second kappa shape index (κ2) is 7.31. The van der Waals surface area contributed by atoms with Crippen molar-refractivity contribution in [2.24, 2.45) is 5.92 Å².